The number of esters is 2. The normalized spacial score (nSPS) is 23.2. The molecule has 1 aliphatic carbocycles. The zero-order valence-corrected chi connectivity index (χ0v) is 36.1. The third-order valence-electron chi connectivity index (χ3n) is 9.23. The van der Waals surface area contributed by atoms with Gasteiger partial charge in [0.15, 0.2) is 6.10 Å². The molecule has 0 aromatic carbocycles. The Hall–Kier alpha value is -2.97. The smallest absolute Gasteiger partial charge is 0.462 e. The minimum atomic E-state index is -5.13. The van der Waals surface area contributed by atoms with Gasteiger partial charge in [-0.05, 0) is 83.5 Å². The Morgan fingerprint density at radius 1 is 0.525 bits per heavy atom. The van der Waals surface area contributed by atoms with Crippen molar-refractivity contribution in [3.8, 4) is 0 Å². The molecular formula is C45H73O13P. The fourth-order valence-electron chi connectivity index (χ4n) is 5.82. The van der Waals surface area contributed by atoms with Crippen LogP contribution in [0, 0.1) is 0 Å². The number of rotatable bonds is 33. The average molecular weight is 853 g/mol. The molecule has 336 valence electrons. The lowest BCUT2D eigenvalue weighted by Gasteiger charge is -2.41. The van der Waals surface area contributed by atoms with Crippen molar-refractivity contribution in [2.24, 2.45) is 0 Å². The Balaban J connectivity index is 2.55. The predicted octanol–water partition coefficient (Wildman–Crippen LogP) is 7.72. The van der Waals surface area contributed by atoms with Crippen molar-refractivity contribution in [1.82, 2.24) is 0 Å². The molecule has 0 spiro atoms. The van der Waals surface area contributed by atoms with Gasteiger partial charge in [0, 0.05) is 12.8 Å². The number of phosphoric ester groups is 1. The summed E-state index contributed by atoms with van der Waals surface area (Å²) in [5, 5.41) is 50.1. The summed E-state index contributed by atoms with van der Waals surface area (Å²) in [6.45, 7) is 2.99. The highest BCUT2D eigenvalue weighted by Gasteiger charge is 2.51. The zero-order valence-electron chi connectivity index (χ0n) is 35.3. The van der Waals surface area contributed by atoms with Crippen molar-refractivity contribution < 1.29 is 63.1 Å². The number of carbonyl (C=O) groups excluding carboxylic acids is 2. The van der Waals surface area contributed by atoms with Gasteiger partial charge >= 0.3 is 19.8 Å². The Bertz CT molecular complexity index is 1360. The van der Waals surface area contributed by atoms with E-state index in [0.717, 1.165) is 89.9 Å². The molecule has 14 heteroatoms. The summed E-state index contributed by atoms with van der Waals surface area (Å²) < 4.78 is 33.4. The molecule has 8 atom stereocenters. The van der Waals surface area contributed by atoms with Crippen LogP contribution in [0.2, 0.25) is 0 Å². The third kappa shape index (κ3) is 27.5. The maximum Gasteiger partial charge on any atom is 0.472 e. The summed E-state index contributed by atoms with van der Waals surface area (Å²) in [6, 6.07) is 0. The summed E-state index contributed by atoms with van der Waals surface area (Å²) >= 11 is 0. The second-order valence-corrected chi connectivity index (χ2v) is 15.8. The Morgan fingerprint density at radius 2 is 0.915 bits per heavy atom. The van der Waals surface area contributed by atoms with Crippen LogP contribution >= 0.6 is 7.82 Å². The first-order valence-electron chi connectivity index (χ1n) is 21.4. The molecule has 1 fully saturated rings. The summed E-state index contributed by atoms with van der Waals surface area (Å²) in [7, 11) is -5.13. The highest BCUT2D eigenvalue weighted by molar-refractivity contribution is 7.47. The van der Waals surface area contributed by atoms with Gasteiger partial charge in [-0.15, -0.1) is 0 Å². The molecule has 13 nitrogen and oxygen atoms in total. The Labute approximate surface area is 352 Å². The SMILES string of the molecule is CC/C=C\C/C=C\C/C=C\C/C=C\CCCCC(=O)OC[C@H](COP(=O)(O)OC1C(O)C(O)C(O)[C@@H](O)C1O)OC(=O)CCCCCCC/C=C\C/C=C\C/C=C\CC. The van der Waals surface area contributed by atoms with E-state index in [1.165, 1.54) is 0 Å². The standard InChI is InChI=1S/C45H73O13P/c1-3-5-7-9-11-13-15-17-19-21-23-25-27-29-31-33-38(46)55-35-37(36-56-59(53,54)58-45-43(51)41(49)40(48)42(50)44(45)52)57-39(47)34-32-30-28-26-24-22-20-18-16-14-12-10-8-6-4-2/h5-8,11-14,17-20,23,25,37,40-45,48-52H,3-4,9-10,15-16,21-22,24,26-36H2,1-2H3,(H,53,54)/b7-5-,8-6-,13-11-,14-12-,19-17-,20-18-,25-23-/t37-,40?,41-,42?,43?,44?,45?/m1/s1. The molecule has 6 N–H and O–H groups in total. The van der Waals surface area contributed by atoms with Gasteiger partial charge in [-0.3, -0.25) is 18.6 Å². The molecular weight excluding hydrogens is 779 g/mol. The largest absolute Gasteiger partial charge is 0.472 e. The van der Waals surface area contributed by atoms with Crippen LogP contribution in [0.15, 0.2) is 85.1 Å². The fourth-order valence-corrected chi connectivity index (χ4v) is 6.79. The number of allylic oxidation sites excluding steroid dienone is 14. The van der Waals surface area contributed by atoms with E-state index in [4.69, 9.17) is 18.5 Å². The summed E-state index contributed by atoms with van der Waals surface area (Å²) in [5.41, 5.74) is 0. The molecule has 0 aromatic rings. The first kappa shape index (κ1) is 54.0. The van der Waals surface area contributed by atoms with Gasteiger partial charge in [-0.2, -0.15) is 0 Å². The van der Waals surface area contributed by atoms with Gasteiger partial charge in [0.2, 0.25) is 0 Å². The van der Waals surface area contributed by atoms with Gasteiger partial charge in [-0.25, -0.2) is 4.57 Å². The van der Waals surface area contributed by atoms with Crippen molar-refractivity contribution in [2.45, 2.75) is 172 Å². The molecule has 6 unspecified atom stereocenters. The molecule has 1 saturated carbocycles. The van der Waals surface area contributed by atoms with Crippen molar-refractivity contribution >= 4 is 19.8 Å². The zero-order chi connectivity index (χ0) is 43.6. The van der Waals surface area contributed by atoms with Crippen LogP contribution in [0.4, 0.5) is 0 Å². The number of carbonyl (C=O) groups is 2. The fraction of sp³-hybridized carbons (Fsp3) is 0.644. The molecule has 1 aliphatic rings. The van der Waals surface area contributed by atoms with Crippen molar-refractivity contribution in [3.63, 3.8) is 0 Å². The molecule has 0 aromatic heterocycles. The van der Waals surface area contributed by atoms with E-state index < -0.39 is 75.7 Å². The van der Waals surface area contributed by atoms with Crippen LogP contribution in [0.1, 0.15) is 129 Å². The second kappa shape index (κ2) is 34.7. The molecule has 0 saturated heterocycles. The number of unbranched alkanes of at least 4 members (excludes halogenated alkanes) is 7. The highest BCUT2D eigenvalue weighted by Crippen LogP contribution is 2.47. The summed E-state index contributed by atoms with van der Waals surface area (Å²) in [6.07, 6.45) is 30.7. The minimum Gasteiger partial charge on any atom is -0.462 e. The van der Waals surface area contributed by atoms with Gasteiger partial charge < -0.3 is 39.9 Å². The number of aliphatic hydroxyl groups excluding tert-OH is 5. The monoisotopic (exact) mass is 852 g/mol. The van der Waals surface area contributed by atoms with E-state index in [2.05, 4.69) is 98.9 Å². The van der Waals surface area contributed by atoms with Gasteiger partial charge in [0.1, 0.15) is 43.2 Å². The highest BCUT2D eigenvalue weighted by atomic mass is 31.2. The van der Waals surface area contributed by atoms with Crippen molar-refractivity contribution in [1.29, 1.82) is 0 Å². The van der Waals surface area contributed by atoms with E-state index in [1.54, 1.807) is 0 Å². The molecule has 59 heavy (non-hydrogen) atoms. The number of phosphoric acid groups is 1. The maximum absolute atomic E-state index is 12.8. The summed E-state index contributed by atoms with van der Waals surface area (Å²) in [4.78, 5) is 35.6. The quantitative estimate of drug-likeness (QED) is 0.0162. The second-order valence-electron chi connectivity index (χ2n) is 14.4. The van der Waals surface area contributed by atoms with E-state index in [-0.39, 0.29) is 12.8 Å². The Kier molecular flexibility index (Phi) is 31.8. The van der Waals surface area contributed by atoms with Gasteiger partial charge in [0.05, 0.1) is 6.61 Å². The lowest BCUT2D eigenvalue weighted by atomic mass is 9.85. The Morgan fingerprint density at radius 3 is 1.42 bits per heavy atom. The molecule has 0 aliphatic heterocycles. The number of hydrogen-bond donors (Lipinski definition) is 6. The third-order valence-corrected chi connectivity index (χ3v) is 10.2. The van der Waals surface area contributed by atoms with Crippen LogP contribution in [0.25, 0.3) is 0 Å². The van der Waals surface area contributed by atoms with Crippen LogP contribution in [0.5, 0.6) is 0 Å². The van der Waals surface area contributed by atoms with Gasteiger partial charge in [-0.1, -0.05) is 118 Å². The van der Waals surface area contributed by atoms with Crippen molar-refractivity contribution in [3.05, 3.63) is 85.1 Å². The maximum atomic E-state index is 12.8. The minimum absolute atomic E-state index is 0.0628. The van der Waals surface area contributed by atoms with Gasteiger partial charge in [0.25, 0.3) is 0 Å². The van der Waals surface area contributed by atoms with Crippen LogP contribution in [-0.2, 0) is 32.7 Å². The predicted molar refractivity (Wildman–Crippen MR) is 230 cm³/mol. The van der Waals surface area contributed by atoms with E-state index >= 15 is 0 Å². The molecule has 1 rings (SSSR count). The lowest BCUT2D eigenvalue weighted by Crippen LogP contribution is -2.64. The number of hydrogen-bond acceptors (Lipinski definition) is 12. The molecule has 0 amide bonds. The lowest BCUT2D eigenvalue weighted by molar-refractivity contribution is -0.220. The molecule has 0 bridgehead atoms. The molecule has 0 heterocycles. The average Bonchev–Trinajstić information content (AvgIpc) is 3.21. The van der Waals surface area contributed by atoms with Crippen LogP contribution in [-0.4, -0.2) is 98.3 Å². The first-order valence-corrected chi connectivity index (χ1v) is 22.9. The first-order chi connectivity index (χ1) is 28.4. The van der Waals surface area contributed by atoms with E-state index in [1.807, 2.05) is 0 Å². The number of ether oxygens (including phenoxy) is 2. The summed E-state index contributed by atoms with van der Waals surface area (Å²) in [5.74, 6) is -1.18. The van der Waals surface area contributed by atoms with E-state index in [9.17, 15) is 44.6 Å². The van der Waals surface area contributed by atoms with Crippen molar-refractivity contribution in [2.75, 3.05) is 13.2 Å². The topological polar surface area (TPSA) is 210 Å². The number of aliphatic hydroxyl groups is 5. The van der Waals surface area contributed by atoms with Crippen LogP contribution in [0.3, 0.4) is 0 Å². The van der Waals surface area contributed by atoms with Crippen LogP contribution < -0.4 is 0 Å². The van der Waals surface area contributed by atoms with E-state index in [0.29, 0.717) is 12.8 Å². The molecule has 0 radical (unpaired) electrons.